The molecule has 146 valence electrons. The van der Waals surface area contributed by atoms with Gasteiger partial charge in [0, 0.05) is 24.7 Å². The highest BCUT2D eigenvalue weighted by Crippen LogP contribution is 2.22. The summed E-state index contributed by atoms with van der Waals surface area (Å²) in [5.74, 6) is -0.394. The molecular weight excluding hydrogens is 326 g/mol. The summed E-state index contributed by atoms with van der Waals surface area (Å²) in [6.07, 6.45) is 0. The SMILES string of the molecule is CCN(CCNC(=O)C(C)NC(=O)c1ccc(C(C)(C)C)cc1)C(C)C. The Hall–Kier alpha value is -1.88. The normalized spacial score (nSPS) is 13.0. The van der Waals surface area contributed by atoms with Gasteiger partial charge < -0.3 is 10.6 Å². The third kappa shape index (κ3) is 6.79. The highest BCUT2D eigenvalue weighted by atomic mass is 16.2. The maximum atomic E-state index is 12.3. The molecule has 26 heavy (non-hydrogen) atoms. The Bertz CT molecular complexity index is 588. The fourth-order valence-corrected chi connectivity index (χ4v) is 2.72. The summed E-state index contributed by atoms with van der Waals surface area (Å²) in [6, 6.07) is 7.42. The van der Waals surface area contributed by atoms with Crippen LogP contribution in [0, 0.1) is 0 Å². The number of likely N-dealkylation sites (N-methyl/N-ethyl adjacent to an activating group) is 1. The van der Waals surface area contributed by atoms with E-state index in [4.69, 9.17) is 0 Å². The summed E-state index contributed by atoms with van der Waals surface area (Å²) in [5, 5.41) is 5.66. The average Bonchev–Trinajstić information content (AvgIpc) is 2.57. The topological polar surface area (TPSA) is 61.4 Å². The lowest BCUT2D eigenvalue weighted by molar-refractivity contribution is -0.122. The van der Waals surface area contributed by atoms with Gasteiger partial charge in [-0.05, 0) is 50.4 Å². The molecule has 0 fully saturated rings. The Balaban J connectivity index is 2.52. The second kappa shape index (κ2) is 9.72. The van der Waals surface area contributed by atoms with Gasteiger partial charge in [-0.1, -0.05) is 39.8 Å². The molecule has 2 amide bonds. The molecular formula is C21H35N3O2. The smallest absolute Gasteiger partial charge is 0.251 e. The summed E-state index contributed by atoms with van der Waals surface area (Å²) in [5.41, 5.74) is 1.78. The Kier molecular flexibility index (Phi) is 8.28. The number of nitrogens with zero attached hydrogens (tertiary/aromatic N) is 1. The molecule has 1 rings (SSSR count). The van der Waals surface area contributed by atoms with Crippen LogP contribution in [0.4, 0.5) is 0 Å². The first-order valence-electron chi connectivity index (χ1n) is 9.49. The molecule has 0 heterocycles. The number of carbonyl (C=O) groups excluding carboxylic acids is 2. The molecule has 2 N–H and O–H groups in total. The minimum atomic E-state index is -0.570. The zero-order valence-corrected chi connectivity index (χ0v) is 17.3. The standard InChI is InChI=1S/C21H35N3O2/c1-8-24(15(2)3)14-13-22-19(25)16(4)23-20(26)17-9-11-18(12-10-17)21(5,6)7/h9-12,15-16H,8,13-14H2,1-7H3,(H,22,25)(H,23,26). The van der Waals surface area contributed by atoms with Crippen molar-refractivity contribution in [3.63, 3.8) is 0 Å². The summed E-state index contributed by atoms with van der Waals surface area (Å²) >= 11 is 0. The molecule has 1 aromatic carbocycles. The van der Waals surface area contributed by atoms with Crippen molar-refractivity contribution in [2.24, 2.45) is 0 Å². The molecule has 5 heteroatoms. The molecule has 1 unspecified atom stereocenters. The van der Waals surface area contributed by atoms with Crippen LogP contribution < -0.4 is 10.6 Å². The van der Waals surface area contributed by atoms with Crippen molar-refractivity contribution in [1.29, 1.82) is 0 Å². The number of hydrogen-bond donors (Lipinski definition) is 2. The molecule has 1 atom stereocenters. The van der Waals surface area contributed by atoms with E-state index < -0.39 is 6.04 Å². The van der Waals surface area contributed by atoms with Crippen LogP contribution in [0.15, 0.2) is 24.3 Å². The Morgan fingerprint density at radius 2 is 1.65 bits per heavy atom. The third-order valence-electron chi connectivity index (χ3n) is 4.59. The summed E-state index contributed by atoms with van der Waals surface area (Å²) in [4.78, 5) is 26.8. The fourth-order valence-electron chi connectivity index (χ4n) is 2.72. The van der Waals surface area contributed by atoms with Gasteiger partial charge in [0.05, 0.1) is 0 Å². The predicted octanol–water partition coefficient (Wildman–Crippen LogP) is 2.95. The lowest BCUT2D eigenvalue weighted by Crippen LogP contribution is -2.47. The predicted molar refractivity (Wildman–Crippen MR) is 107 cm³/mol. The Labute approximate surface area is 158 Å². The number of hydrogen-bond acceptors (Lipinski definition) is 3. The first-order valence-corrected chi connectivity index (χ1v) is 9.49. The zero-order valence-electron chi connectivity index (χ0n) is 17.3. The Morgan fingerprint density at radius 3 is 2.12 bits per heavy atom. The number of nitrogens with one attached hydrogen (secondary N) is 2. The van der Waals surface area contributed by atoms with Crippen molar-refractivity contribution < 1.29 is 9.59 Å². The molecule has 1 aromatic rings. The van der Waals surface area contributed by atoms with Crippen molar-refractivity contribution in [3.05, 3.63) is 35.4 Å². The second-order valence-electron chi connectivity index (χ2n) is 8.04. The van der Waals surface area contributed by atoms with E-state index in [0.717, 1.165) is 13.1 Å². The molecule has 5 nitrogen and oxygen atoms in total. The van der Waals surface area contributed by atoms with Gasteiger partial charge in [0.25, 0.3) is 5.91 Å². The fraction of sp³-hybridized carbons (Fsp3) is 0.619. The van der Waals surface area contributed by atoms with E-state index >= 15 is 0 Å². The van der Waals surface area contributed by atoms with Gasteiger partial charge in [0.2, 0.25) is 5.91 Å². The van der Waals surface area contributed by atoms with Crippen LogP contribution in [-0.2, 0) is 10.2 Å². The average molecular weight is 362 g/mol. The first kappa shape index (κ1) is 22.2. The van der Waals surface area contributed by atoms with Crippen LogP contribution in [-0.4, -0.2) is 48.4 Å². The maximum Gasteiger partial charge on any atom is 0.251 e. The maximum absolute atomic E-state index is 12.3. The van der Waals surface area contributed by atoms with Gasteiger partial charge in [-0.2, -0.15) is 0 Å². The van der Waals surface area contributed by atoms with Crippen molar-refractivity contribution in [1.82, 2.24) is 15.5 Å². The first-order chi connectivity index (χ1) is 12.1. The van der Waals surface area contributed by atoms with Crippen LogP contribution >= 0.6 is 0 Å². The summed E-state index contributed by atoms with van der Waals surface area (Å²) in [7, 11) is 0. The van der Waals surface area contributed by atoms with E-state index in [0.29, 0.717) is 18.2 Å². The van der Waals surface area contributed by atoms with E-state index in [2.05, 4.69) is 57.1 Å². The highest BCUT2D eigenvalue weighted by Gasteiger charge is 2.18. The molecule has 0 radical (unpaired) electrons. The van der Waals surface area contributed by atoms with E-state index in [1.54, 1.807) is 6.92 Å². The number of benzene rings is 1. The van der Waals surface area contributed by atoms with Gasteiger partial charge >= 0.3 is 0 Å². The highest BCUT2D eigenvalue weighted by molar-refractivity contribution is 5.97. The van der Waals surface area contributed by atoms with E-state index in [1.165, 1.54) is 5.56 Å². The number of carbonyl (C=O) groups is 2. The van der Waals surface area contributed by atoms with Crippen LogP contribution in [0.3, 0.4) is 0 Å². The van der Waals surface area contributed by atoms with Gasteiger partial charge in [0.15, 0.2) is 0 Å². The van der Waals surface area contributed by atoms with Crippen LogP contribution in [0.2, 0.25) is 0 Å². The van der Waals surface area contributed by atoms with Crippen molar-refractivity contribution in [2.75, 3.05) is 19.6 Å². The third-order valence-corrected chi connectivity index (χ3v) is 4.59. The molecule has 0 bridgehead atoms. The number of rotatable bonds is 8. The molecule has 0 aliphatic carbocycles. The van der Waals surface area contributed by atoms with Gasteiger partial charge in [-0.15, -0.1) is 0 Å². The summed E-state index contributed by atoms with van der Waals surface area (Å²) < 4.78 is 0. The monoisotopic (exact) mass is 361 g/mol. The molecule has 0 aromatic heterocycles. The lowest BCUT2D eigenvalue weighted by Gasteiger charge is -2.25. The largest absolute Gasteiger partial charge is 0.353 e. The van der Waals surface area contributed by atoms with Gasteiger partial charge in [-0.3, -0.25) is 14.5 Å². The van der Waals surface area contributed by atoms with Gasteiger partial charge in [0.1, 0.15) is 6.04 Å². The van der Waals surface area contributed by atoms with E-state index in [9.17, 15) is 9.59 Å². The number of amides is 2. The van der Waals surface area contributed by atoms with E-state index in [-0.39, 0.29) is 17.2 Å². The molecule has 0 aliphatic rings. The van der Waals surface area contributed by atoms with Crippen molar-refractivity contribution in [3.8, 4) is 0 Å². The van der Waals surface area contributed by atoms with Crippen molar-refractivity contribution in [2.45, 2.75) is 66.0 Å². The van der Waals surface area contributed by atoms with Crippen LogP contribution in [0.5, 0.6) is 0 Å². The van der Waals surface area contributed by atoms with Crippen molar-refractivity contribution >= 4 is 11.8 Å². The molecule has 0 aliphatic heterocycles. The quantitative estimate of drug-likeness (QED) is 0.748. The summed E-state index contributed by atoms with van der Waals surface area (Å²) in [6.45, 7) is 16.8. The molecule has 0 saturated carbocycles. The van der Waals surface area contributed by atoms with Crippen LogP contribution in [0.1, 0.15) is 64.4 Å². The zero-order chi connectivity index (χ0) is 19.9. The molecule has 0 spiro atoms. The minimum Gasteiger partial charge on any atom is -0.353 e. The van der Waals surface area contributed by atoms with E-state index in [1.807, 2.05) is 24.3 Å². The van der Waals surface area contributed by atoms with Gasteiger partial charge in [-0.25, -0.2) is 0 Å². The molecule has 0 saturated heterocycles. The second-order valence-corrected chi connectivity index (χ2v) is 8.04. The Morgan fingerprint density at radius 1 is 1.08 bits per heavy atom. The lowest BCUT2D eigenvalue weighted by atomic mass is 9.86. The van der Waals surface area contributed by atoms with Crippen LogP contribution in [0.25, 0.3) is 0 Å². The minimum absolute atomic E-state index is 0.0462.